The molecule has 154 valence electrons. The number of ether oxygens (including phenoxy) is 2. The summed E-state index contributed by atoms with van der Waals surface area (Å²) in [6.45, 7) is 2.49. The summed E-state index contributed by atoms with van der Waals surface area (Å²) >= 11 is 1.44. The molecule has 6 heteroatoms. The van der Waals surface area contributed by atoms with Gasteiger partial charge in [-0.05, 0) is 30.2 Å². The van der Waals surface area contributed by atoms with Crippen molar-refractivity contribution in [1.29, 1.82) is 0 Å². The van der Waals surface area contributed by atoms with Crippen LogP contribution in [0.5, 0.6) is 11.5 Å². The van der Waals surface area contributed by atoms with Crippen molar-refractivity contribution in [2.45, 2.75) is 19.3 Å². The zero-order valence-corrected chi connectivity index (χ0v) is 17.9. The number of hydrogen-bond donors (Lipinski definition) is 1. The third-order valence-corrected chi connectivity index (χ3v) is 5.13. The molecule has 3 rings (SSSR count). The fourth-order valence-electron chi connectivity index (χ4n) is 2.82. The van der Waals surface area contributed by atoms with Gasteiger partial charge in [-0.1, -0.05) is 78.0 Å². The van der Waals surface area contributed by atoms with Crippen LogP contribution in [-0.4, -0.2) is 18.5 Å². The Bertz CT molecular complexity index is 1020. The van der Waals surface area contributed by atoms with Gasteiger partial charge in [0.05, 0.1) is 13.3 Å². The van der Waals surface area contributed by atoms with E-state index in [9.17, 15) is 0 Å². The lowest BCUT2D eigenvalue weighted by atomic mass is 10.1. The molecule has 0 saturated heterocycles. The minimum Gasteiger partial charge on any atom is -0.493 e. The van der Waals surface area contributed by atoms with Crippen molar-refractivity contribution in [3.05, 3.63) is 95.1 Å². The maximum atomic E-state index is 6.06. The van der Waals surface area contributed by atoms with Crippen molar-refractivity contribution >= 4 is 23.1 Å². The van der Waals surface area contributed by atoms with Crippen LogP contribution in [0.1, 0.15) is 22.3 Å². The minimum absolute atomic E-state index is 0.403. The van der Waals surface area contributed by atoms with Gasteiger partial charge in [0.25, 0.3) is 0 Å². The number of benzene rings is 3. The molecule has 0 spiro atoms. The van der Waals surface area contributed by atoms with Gasteiger partial charge >= 0.3 is 0 Å². The van der Waals surface area contributed by atoms with Gasteiger partial charge in [0.1, 0.15) is 6.61 Å². The summed E-state index contributed by atoms with van der Waals surface area (Å²) in [7, 11) is 1.62. The molecule has 5 nitrogen and oxygen atoms in total. The molecule has 3 aromatic carbocycles. The molecule has 30 heavy (non-hydrogen) atoms. The van der Waals surface area contributed by atoms with Gasteiger partial charge in [0, 0.05) is 11.3 Å². The molecule has 0 radical (unpaired) electrons. The SMILES string of the molecule is COc1cccc(C=NN=C(N)SCc2ccccc2)c1OCc1cccc(C)c1. The molecule has 0 aromatic heterocycles. The number of nitrogens with zero attached hydrogens (tertiary/aromatic N) is 2. The lowest BCUT2D eigenvalue weighted by Gasteiger charge is -2.13. The second-order valence-corrected chi connectivity index (χ2v) is 7.61. The molecule has 2 N–H and O–H groups in total. The van der Waals surface area contributed by atoms with Gasteiger partial charge in [-0.15, -0.1) is 5.10 Å². The van der Waals surface area contributed by atoms with Crippen LogP contribution in [0.25, 0.3) is 0 Å². The molecule has 0 aliphatic rings. The molecule has 0 amide bonds. The highest BCUT2D eigenvalue weighted by Crippen LogP contribution is 2.31. The number of para-hydroxylation sites is 1. The Hall–Kier alpha value is -3.25. The maximum Gasteiger partial charge on any atom is 0.180 e. The van der Waals surface area contributed by atoms with E-state index in [0.717, 1.165) is 16.9 Å². The van der Waals surface area contributed by atoms with E-state index < -0.39 is 0 Å². The van der Waals surface area contributed by atoms with Crippen LogP contribution in [0.15, 0.2) is 83.0 Å². The van der Waals surface area contributed by atoms with E-state index in [1.807, 2.05) is 48.5 Å². The average molecular weight is 420 g/mol. The minimum atomic E-state index is 0.403. The Kier molecular flexibility index (Phi) is 7.92. The van der Waals surface area contributed by atoms with Crippen molar-refractivity contribution in [2.75, 3.05) is 7.11 Å². The first-order valence-corrected chi connectivity index (χ1v) is 10.5. The zero-order valence-electron chi connectivity index (χ0n) is 17.1. The van der Waals surface area contributed by atoms with Gasteiger partial charge in [0.15, 0.2) is 16.7 Å². The normalized spacial score (nSPS) is 11.6. The fourth-order valence-corrected chi connectivity index (χ4v) is 3.43. The lowest BCUT2D eigenvalue weighted by Crippen LogP contribution is -2.06. The van der Waals surface area contributed by atoms with E-state index in [1.54, 1.807) is 13.3 Å². The topological polar surface area (TPSA) is 69.2 Å². The number of amidine groups is 1. The molecule has 0 atom stereocenters. The van der Waals surface area contributed by atoms with Crippen molar-refractivity contribution in [3.8, 4) is 11.5 Å². The molecule has 0 fully saturated rings. The van der Waals surface area contributed by atoms with Crippen LogP contribution in [0.3, 0.4) is 0 Å². The highest BCUT2D eigenvalue weighted by molar-refractivity contribution is 8.13. The van der Waals surface area contributed by atoms with Crippen molar-refractivity contribution < 1.29 is 9.47 Å². The third-order valence-electron chi connectivity index (χ3n) is 4.28. The molecular weight excluding hydrogens is 394 g/mol. The Morgan fingerprint density at radius 2 is 1.77 bits per heavy atom. The van der Waals surface area contributed by atoms with Gasteiger partial charge in [-0.25, -0.2) is 0 Å². The molecule has 0 aliphatic heterocycles. The number of nitrogens with two attached hydrogens (primary N) is 1. The monoisotopic (exact) mass is 419 g/mol. The highest BCUT2D eigenvalue weighted by atomic mass is 32.2. The van der Waals surface area contributed by atoms with E-state index in [1.165, 1.54) is 22.9 Å². The van der Waals surface area contributed by atoms with Gasteiger partial charge in [-0.2, -0.15) is 5.10 Å². The van der Waals surface area contributed by atoms with Crippen molar-refractivity contribution in [1.82, 2.24) is 0 Å². The molecule has 3 aromatic rings. The van der Waals surface area contributed by atoms with Crippen LogP contribution in [0.4, 0.5) is 0 Å². The molecule has 0 bridgehead atoms. The standard InChI is InChI=1S/C24H25N3O2S/c1-18-8-6-11-20(14-18)16-29-23-21(12-7-13-22(23)28-2)15-26-27-24(25)30-17-19-9-4-3-5-10-19/h3-15H,16-17H2,1-2H3,(H2,25,27). The first-order valence-electron chi connectivity index (χ1n) is 9.54. The number of rotatable bonds is 8. The Morgan fingerprint density at radius 1 is 1.00 bits per heavy atom. The summed E-state index contributed by atoms with van der Waals surface area (Å²) in [4.78, 5) is 0. The van der Waals surface area contributed by atoms with Crippen molar-refractivity contribution in [3.63, 3.8) is 0 Å². The fraction of sp³-hybridized carbons (Fsp3) is 0.167. The zero-order chi connectivity index (χ0) is 21.2. The van der Waals surface area contributed by atoms with Gasteiger partial charge in [-0.3, -0.25) is 0 Å². The summed E-state index contributed by atoms with van der Waals surface area (Å²) < 4.78 is 11.5. The molecule has 0 saturated carbocycles. The van der Waals surface area contributed by atoms with E-state index in [2.05, 4.69) is 41.4 Å². The number of methoxy groups -OCH3 is 1. The van der Waals surface area contributed by atoms with Gasteiger partial charge in [0.2, 0.25) is 0 Å². The van der Waals surface area contributed by atoms with Crippen LogP contribution in [-0.2, 0) is 12.4 Å². The predicted molar refractivity (Wildman–Crippen MR) is 125 cm³/mol. The molecule has 0 aliphatic carbocycles. The number of aryl methyl sites for hydroxylation is 1. The highest BCUT2D eigenvalue weighted by Gasteiger charge is 2.10. The lowest BCUT2D eigenvalue weighted by molar-refractivity contribution is 0.284. The number of hydrogen-bond acceptors (Lipinski definition) is 5. The molecule has 0 unspecified atom stereocenters. The number of thioether (sulfide) groups is 1. The first-order chi connectivity index (χ1) is 14.7. The van der Waals surface area contributed by atoms with Crippen molar-refractivity contribution in [2.24, 2.45) is 15.9 Å². The second-order valence-electron chi connectivity index (χ2n) is 6.61. The maximum absolute atomic E-state index is 6.06. The van der Waals surface area contributed by atoms with E-state index in [4.69, 9.17) is 15.2 Å². The Morgan fingerprint density at radius 3 is 2.53 bits per heavy atom. The predicted octanol–water partition coefficient (Wildman–Crippen LogP) is 5.16. The molecule has 0 heterocycles. The quantitative estimate of drug-likeness (QED) is 0.311. The first kappa shape index (κ1) is 21.5. The van der Waals surface area contributed by atoms with E-state index in [0.29, 0.717) is 23.3 Å². The summed E-state index contributed by atoms with van der Waals surface area (Å²) in [6.07, 6.45) is 1.63. The van der Waals surface area contributed by atoms with Crippen LogP contribution in [0.2, 0.25) is 0 Å². The van der Waals surface area contributed by atoms with E-state index in [-0.39, 0.29) is 0 Å². The summed E-state index contributed by atoms with van der Waals surface area (Å²) in [5, 5.41) is 8.64. The Balaban J connectivity index is 1.68. The molecular formula is C24H25N3O2S. The summed E-state index contributed by atoms with van der Waals surface area (Å²) in [6, 6.07) is 24.0. The van der Waals surface area contributed by atoms with Gasteiger partial charge < -0.3 is 15.2 Å². The van der Waals surface area contributed by atoms with Crippen LogP contribution in [0, 0.1) is 6.92 Å². The third kappa shape index (κ3) is 6.39. The van der Waals surface area contributed by atoms with E-state index >= 15 is 0 Å². The summed E-state index contributed by atoms with van der Waals surface area (Å²) in [5.41, 5.74) is 10.2. The largest absolute Gasteiger partial charge is 0.493 e. The smallest absolute Gasteiger partial charge is 0.180 e. The second kappa shape index (κ2) is 11.1. The Labute approximate surface area is 181 Å². The average Bonchev–Trinajstić information content (AvgIpc) is 2.77. The van der Waals surface area contributed by atoms with Crippen LogP contribution < -0.4 is 15.2 Å². The summed E-state index contributed by atoms with van der Waals surface area (Å²) in [5.74, 6) is 2.01. The van der Waals surface area contributed by atoms with Crippen LogP contribution >= 0.6 is 11.8 Å².